The molecule has 3 heterocycles. The molecule has 0 unspecified atom stereocenters. The van der Waals surface area contributed by atoms with Crippen molar-refractivity contribution in [2.24, 2.45) is 7.05 Å². The Hall–Kier alpha value is -2.97. The summed E-state index contributed by atoms with van der Waals surface area (Å²) in [6, 6.07) is 3.76. The van der Waals surface area contributed by atoms with E-state index in [2.05, 4.69) is 30.5 Å². The Balaban J connectivity index is 1.98. The number of aryl methyl sites for hydroxylation is 2. The van der Waals surface area contributed by atoms with Gasteiger partial charge in [-0.25, -0.2) is 9.36 Å². The van der Waals surface area contributed by atoms with Crippen LogP contribution in [0.2, 0.25) is 0 Å². The normalized spacial score (nSPS) is 10.6. The SMILES string of the molecule is CNc1nc(Oc2cc(C)nn2C)nc(-n2cccn2)n1. The van der Waals surface area contributed by atoms with Crippen LogP contribution in [0.4, 0.5) is 5.95 Å². The van der Waals surface area contributed by atoms with E-state index in [9.17, 15) is 0 Å². The molecule has 9 nitrogen and oxygen atoms in total. The molecular formula is C12H14N8O. The maximum absolute atomic E-state index is 5.67. The molecule has 0 aliphatic carbocycles. The van der Waals surface area contributed by atoms with E-state index in [1.54, 1.807) is 43.3 Å². The maximum atomic E-state index is 5.67. The minimum absolute atomic E-state index is 0.169. The largest absolute Gasteiger partial charge is 0.405 e. The van der Waals surface area contributed by atoms with Gasteiger partial charge in [0.2, 0.25) is 11.8 Å². The molecule has 0 bridgehead atoms. The molecule has 3 rings (SSSR count). The summed E-state index contributed by atoms with van der Waals surface area (Å²) in [5.74, 6) is 1.31. The summed E-state index contributed by atoms with van der Waals surface area (Å²) in [6.45, 7) is 1.88. The zero-order valence-electron chi connectivity index (χ0n) is 11.8. The van der Waals surface area contributed by atoms with Crippen LogP contribution < -0.4 is 10.1 Å². The third-order valence-electron chi connectivity index (χ3n) is 2.69. The first-order valence-corrected chi connectivity index (χ1v) is 6.28. The third-order valence-corrected chi connectivity index (χ3v) is 2.69. The minimum atomic E-state index is 0.169. The van der Waals surface area contributed by atoms with Crippen molar-refractivity contribution in [1.82, 2.24) is 34.5 Å². The van der Waals surface area contributed by atoms with Gasteiger partial charge in [0.1, 0.15) is 0 Å². The van der Waals surface area contributed by atoms with E-state index in [1.165, 1.54) is 4.68 Å². The molecule has 3 aromatic heterocycles. The molecule has 21 heavy (non-hydrogen) atoms. The van der Waals surface area contributed by atoms with Crippen molar-refractivity contribution in [2.45, 2.75) is 6.92 Å². The van der Waals surface area contributed by atoms with Crippen molar-refractivity contribution in [2.75, 3.05) is 12.4 Å². The molecule has 0 atom stereocenters. The molecule has 0 spiro atoms. The number of aromatic nitrogens is 7. The Morgan fingerprint density at radius 2 is 2.10 bits per heavy atom. The topological polar surface area (TPSA) is 95.6 Å². The van der Waals surface area contributed by atoms with Crippen molar-refractivity contribution < 1.29 is 4.74 Å². The fraction of sp³-hybridized carbons (Fsp3) is 0.250. The quantitative estimate of drug-likeness (QED) is 0.762. The fourth-order valence-corrected chi connectivity index (χ4v) is 1.77. The minimum Gasteiger partial charge on any atom is -0.405 e. The number of hydrogen-bond donors (Lipinski definition) is 1. The second-order valence-electron chi connectivity index (χ2n) is 4.29. The van der Waals surface area contributed by atoms with E-state index in [-0.39, 0.29) is 6.01 Å². The van der Waals surface area contributed by atoms with Crippen LogP contribution in [0.1, 0.15) is 5.69 Å². The van der Waals surface area contributed by atoms with E-state index in [0.29, 0.717) is 17.8 Å². The van der Waals surface area contributed by atoms with Crippen LogP contribution in [-0.2, 0) is 7.05 Å². The molecule has 0 radical (unpaired) electrons. The van der Waals surface area contributed by atoms with Crippen LogP contribution in [0.5, 0.6) is 11.9 Å². The van der Waals surface area contributed by atoms with Crippen molar-refractivity contribution in [3.05, 3.63) is 30.2 Å². The van der Waals surface area contributed by atoms with E-state index >= 15 is 0 Å². The molecule has 0 aliphatic rings. The first kappa shape index (κ1) is 13.0. The van der Waals surface area contributed by atoms with Gasteiger partial charge in [0.05, 0.1) is 5.69 Å². The number of ether oxygens (including phenoxy) is 1. The molecule has 0 amide bonds. The number of hydrogen-bond acceptors (Lipinski definition) is 7. The molecular weight excluding hydrogens is 272 g/mol. The van der Waals surface area contributed by atoms with E-state index in [0.717, 1.165) is 5.69 Å². The summed E-state index contributed by atoms with van der Waals surface area (Å²) in [4.78, 5) is 12.6. The van der Waals surface area contributed by atoms with E-state index in [4.69, 9.17) is 4.74 Å². The summed E-state index contributed by atoms with van der Waals surface area (Å²) in [7, 11) is 3.51. The second kappa shape index (κ2) is 5.19. The molecule has 0 aliphatic heterocycles. The summed E-state index contributed by atoms with van der Waals surface area (Å²) in [5, 5.41) is 11.2. The zero-order chi connectivity index (χ0) is 14.8. The second-order valence-corrected chi connectivity index (χ2v) is 4.29. The van der Waals surface area contributed by atoms with Crippen LogP contribution in [-0.4, -0.2) is 41.6 Å². The average Bonchev–Trinajstić information content (AvgIpc) is 3.09. The van der Waals surface area contributed by atoms with Crippen LogP contribution in [0.15, 0.2) is 24.5 Å². The first-order valence-electron chi connectivity index (χ1n) is 6.28. The lowest BCUT2D eigenvalue weighted by Crippen LogP contribution is -2.08. The molecule has 0 saturated carbocycles. The average molecular weight is 286 g/mol. The molecule has 1 N–H and O–H groups in total. The van der Waals surface area contributed by atoms with Crippen molar-refractivity contribution in [3.63, 3.8) is 0 Å². The van der Waals surface area contributed by atoms with Gasteiger partial charge in [0.15, 0.2) is 0 Å². The van der Waals surface area contributed by atoms with Crippen molar-refractivity contribution >= 4 is 5.95 Å². The van der Waals surface area contributed by atoms with Gasteiger partial charge in [-0.3, -0.25) is 0 Å². The predicted octanol–water partition coefficient (Wildman–Crippen LogP) is 0.933. The Bertz CT molecular complexity index is 749. The highest BCUT2D eigenvalue weighted by atomic mass is 16.5. The van der Waals surface area contributed by atoms with Crippen LogP contribution in [0.3, 0.4) is 0 Å². The summed E-state index contributed by atoms with van der Waals surface area (Å²) >= 11 is 0. The standard InChI is InChI=1S/C12H14N8O/c1-8-7-9(19(3)18-8)21-12-16-10(13-2)15-11(17-12)20-6-4-5-14-20/h4-7H,1-3H3,(H,13,15,16,17). The van der Waals surface area contributed by atoms with Gasteiger partial charge in [-0.05, 0) is 13.0 Å². The molecule has 0 saturated heterocycles. The maximum Gasteiger partial charge on any atom is 0.330 e. The number of nitrogens with zero attached hydrogens (tertiary/aromatic N) is 7. The van der Waals surface area contributed by atoms with Gasteiger partial charge in [0, 0.05) is 32.6 Å². The van der Waals surface area contributed by atoms with Gasteiger partial charge in [0.25, 0.3) is 5.95 Å². The predicted molar refractivity (Wildman–Crippen MR) is 74.5 cm³/mol. The number of rotatable bonds is 4. The fourth-order valence-electron chi connectivity index (χ4n) is 1.77. The van der Waals surface area contributed by atoms with Crippen LogP contribution >= 0.6 is 0 Å². The van der Waals surface area contributed by atoms with Crippen molar-refractivity contribution in [1.29, 1.82) is 0 Å². The molecule has 0 aromatic carbocycles. The first-order chi connectivity index (χ1) is 10.2. The smallest absolute Gasteiger partial charge is 0.330 e. The van der Waals surface area contributed by atoms with Crippen molar-refractivity contribution in [3.8, 4) is 17.8 Å². The molecule has 0 fully saturated rings. The lowest BCUT2D eigenvalue weighted by Gasteiger charge is -2.07. The lowest BCUT2D eigenvalue weighted by atomic mass is 10.5. The Morgan fingerprint density at radius 1 is 1.24 bits per heavy atom. The van der Waals surface area contributed by atoms with Gasteiger partial charge in [-0.2, -0.15) is 25.1 Å². The number of anilines is 1. The number of nitrogens with one attached hydrogen (secondary N) is 1. The van der Waals surface area contributed by atoms with Gasteiger partial charge in [-0.1, -0.05) is 0 Å². The Labute approximate surface area is 120 Å². The van der Waals surface area contributed by atoms with Crippen LogP contribution in [0.25, 0.3) is 5.95 Å². The zero-order valence-corrected chi connectivity index (χ0v) is 11.8. The van der Waals surface area contributed by atoms with Gasteiger partial charge in [-0.15, -0.1) is 0 Å². The highest BCUT2D eigenvalue weighted by molar-refractivity contribution is 5.30. The third kappa shape index (κ3) is 2.66. The molecule has 9 heteroatoms. The molecule has 108 valence electrons. The van der Waals surface area contributed by atoms with Crippen LogP contribution in [0, 0.1) is 6.92 Å². The monoisotopic (exact) mass is 286 g/mol. The van der Waals surface area contributed by atoms with Gasteiger partial charge < -0.3 is 10.1 Å². The van der Waals surface area contributed by atoms with Gasteiger partial charge >= 0.3 is 6.01 Å². The highest BCUT2D eigenvalue weighted by Gasteiger charge is 2.12. The Kier molecular flexibility index (Phi) is 3.22. The summed E-state index contributed by atoms with van der Waals surface area (Å²) < 4.78 is 8.82. The Morgan fingerprint density at radius 3 is 2.71 bits per heavy atom. The lowest BCUT2D eigenvalue weighted by molar-refractivity contribution is 0.396. The highest BCUT2D eigenvalue weighted by Crippen LogP contribution is 2.19. The van der Waals surface area contributed by atoms with E-state index < -0.39 is 0 Å². The molecule has 3 aromatic rings. The van der Waals surface area contributed by atoms with E-state index in [1.807, 2.05) is 6.92 Å². The summed E-state index contributed by atoms with van der Waals surface area (Å²) in [5.41, 5.74) is 0.850. The summed E-state index contributed by atoms with van der Waals surface area (Å²) in [6.07, 6.45) is 3.39.